The Labute approximate surface area is 57.1 Å². The molecule has 1 radical (unpaired) electrons. The van der Waals surface area contributed by atoms with Crippen molar-refractivity contribution in [3.8, 4) is 0 Å². The number of rotatable bonds is 0. The molecule has 0 spiro atoms. The maximum atomic E-state index is 8.26. The van der Waals surface area contributed by atoms with E-state index in [2.05, 4.69) is 0 Å². The van der Waals surface area contributed by atoms with Gasteiger partial charge in [0.05, 0.1) is 0 Å². The fourth-order valence-corrected chi connectivity index (χ4v) is 0. The standard InChI is InChI=1S/Cu.Fe.Mo.O. The van der Waals surface area contributed by atoms with Crippen LogP contribution in [0, 0.1) is 0 Å². The van der Waals surface area contributed by atoms with Crippen molar-refractivity contribution in [3.63, 3.8) is 0 Å². The molecular weight excluding hydrogens is 231 g/mol. The molecule has 0 aliphatic carbocycles. The Morgan fingerprint density at radius 2 is 1.25 bits per heavy atom. The van der Waals surface area contributed by atoms with Crippen LogP contribution >= 0.6 is 0 Å². The summed E-state index contributed by atoms with van der Waals surface area (Å²) < 4.78 is 8.26. The Hall–Kier alpha value is 1.53. The van der Waals surface area contributed by atoms with Crippen LogP contribution in [0.15, 0.2) is 0 Å². The van der Waals surface area contributed by atoms with Crippen LogP contribution in [-0.2, 0) is 57.3 Å². The Balaban J connectivity index is -0.00000000500. The number of hydrogen-bond donors (Lipinski definition) is 0. The van der Waals surface area contributed by atoms with E-state index in [-0.39, 0.29) is 34.1 Å². The zero-order valence-corrected chi connectivity index (χ0v) is 5.52. The van der Waals surface area contributed by atoms with Crippen molar-refractivity contribution in [1.82, 2.24) is 0 Å². The Kier molecular flexibility index (Phi) is 107. The van der Waals surface area contributed by atoms with Crippen molar-refractivity contribution in [1.29, 1.82) is 0 Å². The fraction of sp³-hybridized carbons (Fsp3) is 0. The van der Waals surface area contributed by atoms with Crippen molar-refractivity contribution in [2.45, 2.75) is 0 Å². The molecule has 0 saturated heterocycles. The molecule has 0 bridgehead atoms. The van der Waals surface area contributed by atoms with Gasteiger partial charge >= 0.3 is 23.2 Å². The van der Waals surface area contributed by atoms with E-state index in [4.69, 9.17) is 3.40 Å². The Morgan fingerprint density at radius 1 is 1.25 bits per heavy atom. The average molecular weight is 231 g/mol. The Bertz CT molecular complexity index is 8.00. The summed E-state index contributed by atoms with van der Waals surface area (Å²) in [5.41, 5.74) is 0. The monoisotopic (exact) mass is 233 g/mol. The molecule has 0 N–H and O–H groups in total. The van der Waals surface area contributed by atoms with Gasteiger partial charge in [-0.1, -0.05) is 0 Å². The molecule has 0 atom stereocenters. The van der Waals surface area contributed by atoms with Gasteiger partial charge < -0.3 is 0 Å². The summed E-state index contributed by atoms with van der Waals surface area (Å²) in [5.74, 6) is 0. The average Bonchev–Trinajstić information content (AvgIpc) is 1.00. The van der Waals surface area contributed by atoms with E-state index in [1.165, 1.54) is 0 Å². The zero-order chi connectivity index (χ0) is 2.00. The third-order valence-corrected chi connectivity index (χ3v) is 0. The van der Waals surface area contributed by atoms with Crippen LogP contribution in [0.5, 0.6) is 0 Å². The normalized spacial score (nSPS) is 1.00. The van der Waals surface area contributed by atoms with Gasteiger partial charge in [0.2, 0.25) is 0 Å². The quantitative estimate of drug-likeness (QED) is 0.531. The molecular formula is CuFeMoO. The second-order valence-electron chi connectivity index (χ2n) is 0. The van der Waals surface area contributed by atoms with Gasteiger partial charge in [-0.15, -0.1) is 0 Å². The third kappa shape index (κ3) is 9.66. The minimum absolute atomic E-state index is 0. The zero-order valence-electron chi connectivity index (χ0n) is 1.47. The molecule has 0 aromatic carbocycles. The molecule has 0 aliphatic heterocycles. The second kappa shape index (κ2) is 24.1. The molecule has 0 aromatic heterocycles. The maximum absolute atomic E-state index is 8.26. The molecule has 0 saturated carbocycles. The second-order valence-corrected chi connectivity index (χ2v) is 0. The summed E-state index contributed by atoms with van der Waals surface area (Å²) in [5, 5.41) is 0. The summed E-state index contributed by atoms with van der Waals surface area (Å²) in [6.45, 7) is 0. The topological polar surface area (TPSA) is 17.1 Å². The predicted molar refractivity (Wildman–Crippen MR) is 0.686 cm³/mol. The van der Waals surface area contributed by atoms with Gasteiger partial charge in [0.15, 0.2) is 0 Å². The predicted octanol–water partition coefficient (Wildman–Crippen LogP) is -0.126. The molecule has 0 unspecified atom stereocenters. The molecule has 0 amide bonds. The van der Waals surface area contributed by atoms with Crippen molar-refractivity contribution in [2.75, 3.05) is 0 Å². The van der Waals surface area contributed by atoms with Crippen molar-refractivity contribution in [3.05, 3.63) is 0 Å². The first-order chi connectivity index (χ1) is 1.00. The SMILES string of the molecule is [Cu].[Fe].[O]=[Mo]. The molecule has 1 nitrogen and oxygen atoms in total. The summed E-state index contributed by atoms with van der Waals surface area (Å²) >= 11 is 0.700. The van der Waals surface area contributed by atoms with Crippen LogP contribution in [0.3, 0.4) is 0 Å². The Morgan fingerprint density at radius 3 is 1.25 bits per heavy atom. The van der Waals surface area contributed by atoms with Gasteiger partial charge in [0.25, 0.3) is 0 Å². The molecule has 0 aromatic rings. The van der Waals surface area contributed by atoms with Crippen LogP contribution < -0.4 is 0 Å². The first-order valence-electron chi connectivity index (χ1n) is 0.167. The van der Waals surface area contributed by atoms with Gasteiger partial charge in [-0.05, 0) is 0 Å². The van der Waals surface area contributed by atoms with Gasteiger partial charge in [-0.2, -0.15) is 0 Å². The summed E-state index contributed by atoms with van der Waals surface area (Å²) in [4.78, 5) is 0. The van der Waals surface area contributed by atoms with Crippen LogP contribution in [0.25, 0.3) is 0 Å². The third-order valence-electron chi connectivity index (χ3n) is 0. The van der Waals surface area contributed by atoms with Gasteiger partial charge in [-0.25, -0.2) is 0 Å². The summed E-state index contributed by atoms with van der Waals surface area (Å²) in [7, 11) is 0. The molecule has 0 fully saturated rings. The van der Waals surface area contributed by atoms with E-state index in [0.29, 0.717) is 19.8 Å². The van der Waals surface area contributed by atoms with E-state index in [0.717, 1.165) is 0 Å². The van der Waals surface area contributed by atoms with Crippen LogP contribution in [0.2, 0.25) is 0 Å². The molecule has 4 heteroatoms. The first kappa shape index (κ1) is 17.7. The van der Waals surface area contributed by atoms with E-state index in [1.54, 1.807) is 0 Å². The van der Waals surface area contributed by atoms with Crippen LogP contribution in [0.4, 0.5) is 0 Å². The summed E-state index contributed by atoms with van der Waals surface area (Å²) in [6.07, 6.45) is 0. The van der Waals surface area contributed by atoms with E-state index < -0.39 is 0 Å². The fourth-order valence-electron chi connectivity index (χ4n) is 0. The molecule has 0 heterocycles. The van der Waals surface area contributed by atoms with Crippen molar-refractivity contribution in [2.24, 2.45) is 0 Å². The molecule has 31 valence electrons. The number of hydrogen-bond acceptors (Lipinski definition) is 1. The molecule has 0 aliphatic rings. The van der Waals surface area contributed by atoms with E-state index in [9.17, 15) is 0 Å². The van der Waals surface area contributed by atoms with E-state index >= 15 is 0 Å². The van der Waals surface area contributed by atoms with Gasteiger partial charge in [-0.3, -0.25) is 0 Å². The van der Waals surface area contributed by atoms with E-state index in [1.807, 2.05) is 0 Å². The van der Waals surface area contributed by atoms with Crippen molar-refractivity contribution < 1.29 is 57.3 Å². The molecule has 4 heavy (non-hydrogen) atoms. The van der Waals surface area contributed by atoms with Crippen molar-refractivity contribution >= 4 is 0 Å². The van der Waals surface area contributed by atoms with Crippen LogP contribution in [-0.4, -0.2) is 0 Å². The van der Waals surface area contributed by atoms with Gasteiger partial charge in [0.1, 0.15) is 0 Å². The van der Waals surface area contributed by atoms with Crippen LogP contribution in [0.1, 0.15) is 0 Å². The first-order valence-corrected chi connectivity index (χ1v) is 0.986. The summed E-state index contributed by atoms with van der Waals surface area (Å²) in [6, 6.07) is 0. The molecule has 0 rings (SSSR count). The van der Waals surface area contributed by atoms with Gasteiger partial charge in [0, 0.05) is 34.1 Å². The minimum atomic E-state index is 0.